The molecule has 2 aromatic rings. The lowest BCUT2D eigenvalue weighted by Gasteiger charge is -2.13. The Morgan fingerprint density at radius 2 is 1.68 bits per heavy atom. The van der Waals surface area contributed by atoms with Crippen LogP contribution in [0, 0.1) is 0 Å². The van der Waals surface area contributed by atoms with E-state index in [9.17, 15) is 22.8 Å². The molecule has 0 atom stereocenters. The smallest absolute Gasteiger partial charge is 0.422 e. The molecule has 0 radical (unpaired) electrons. The summed E-state index contributed by atoms with van der Waals surface area (Å²) in [5.41, 5.74) is -0.0906. The molecular formula is C17H11Cl2F3N2O3S. The normalized spacial score (nSPS) is 10.9. The van der Waals surface area contributed by atoms with Crippen molar-refractivity contribution < 1.29 is 27.5 Å². The number of hydrogen-bond acceptors (Lipinski definition) is 4. The van der Waals surface area contributed by atoms with Gasteiger partial charge in [-0.15, -0.1) is 0 Å². The minimum atomic E-state index is -4.68. The molecule has 2 aromatic carbocycles. The Morgan fingerprint density at radius 1 is 1.04 bits per heavy atom. The first-order valence-electron chi connectivity index (χ1n) is 7.47. The maximum Gasteiger partial charge on any atom is 0.422 e. The van der Waals surface area contributed by atoms with Gasteiger partial charge in [-0.3, -0.25) is 10.1 Å². The molecule has 0 saturated heterocycles. The summed E-state index contributed by atoms with van der Waals surface area (Å²) in [7, 11) is 0. The van der Waals surface area contributed by atoms with Gasteiger partial charge < -0.3 is 10.1 Å². The highest BCUT2D eigenvalue weighted by molar-refractivity contribution is 7.80. The number of halogens is 5. The quantitative estimate of drug-likeness (QED) is 0.515. The molecule has 28 heavy (non-hydrogen) atoms. The maximum atomic E-state index is 12.4. The number of amides is 1. The van der Waals surface area contributed by atoms with Crippen molar-refractivity contribution in [3.63, 3.8) is 0 Å². The van der Waals surface area contributed by atoms with Crippen LogP contribution in [0.15, 0.2) is 42.5 Å². The Morgan fingerprint density at radius 3 is 2.29 bits per heavy atom. The Bertz CT molecular complexity index is 923. The Balaban J connectivity index is 2.08. The molecule has 0 aliphatic rings. The van der Waals surface area contributed by atoms with Gasteiger partial charge in [0, 0.05) is 5.69 Å². The zero-order valence-corrected chi connectivity index (χ0v) is 16.1. The average molecular weight is 451 g/mol. The van der Waals surface area contributed by atoms with Crippen LogP contribution in [0.3, 0.4) is 0 Å². The van der Waals surface area contributed by atoms with E-state index in [1.165, 1.54) is 36.4 Å². The van der Waals surface area contributed by atoms with Gasteiger partial charge in [-0.1, -0.05) is 35.3 Å². The third-order valence-corrected chi connectivity index (χ3v) is 4.11. The van der Waals surface area contributed by atoms with Crippen molar-refractivity contribution in [2.24, 2.45) is 0 Å². The Hall–Kier alpha value is -2.36. The zero-order chi connectivity index (χ0) is 20.9. The molecule has 0 aromatic heterocycles. The van der Waals surface area contributed by atoms with Crippen LogP contribution < -0.4 is 10.6 Å². The van der Waals surface area contributed by atoms with Crippen LogP contribution in [-0.4, -0.2) is 29.8 Å². The predicted octanol–water partition coefficient (Wildman–Crippen LogP) is 4.84. The summed E-state index contributed by atoms with van der Waals surface area (Å²) in [6.07, 6.45) is -4.68. The van der Waals surface area contributed by atoms with Crippen LogP contribution >= 0.6 is 35.4 Å². The van der Waals surface area contributed by atoms with Crippen molar-refractivity contribution in [3.8, 4) is 0 Å². The van der Waals surface area contributed by atoms with Crippen LogP contribution in [0.5, 0.6) is 0 Å². The summed E-state index contributed by atoms with van der Waals surface area (Å²) < 4.78 is 40.9. The number of carbonyl (C=O) groups is 2. The molecule has 0 aliphatic heterocycles. The monoisotopic (exact) mass is 450 g/mol. The third kappa shape index (κ3) is 6.36. The highest BCUT2D eigenvalue weighted by atomic mass is 35.5. The number of benzene rings is 2. The second-order valence-electron chi connectivity index (χ2n) is 5.27. The number of rotatable bonds is 4. The second-order valence-corrected chi connectivity index (χ2v) is 6.50. The van der Waals surface area contributed by atoms with E-state index in [4.69, 9.17) is 35.4 Å². The van der Waals surface area contributed by atoms with Gasteiger partial charge in [0.1, 0.15) is 0 Å². The van der Waals surface area contributed by atoms with E-state index in [0.29, 0.717) is 10.7 Å². The minimum Gasteiger partial charge on any atom is -0.452 e. The molecule has 2 N–H and O–H groups in total. The first kappa shape index (κ1) is 21.9. The Labute approximate surface area is 172 Å². The summed E-state index contributed by atoms with van der Waals surface area (Å²) in [4.78, 5) is 24.3. The van der Waals surface area contributed by atoms with E-state index >= 15 is 0 Å². The van der Waals surface area contributed by atoms with E-state index in [0.717, 1.165) is 0 Å². The summed E-state index contributed by atoms with van der Waals surface area (Å²) in [6.45, 7) is -1.76. The van der Waals surface area contributed by atoms with Gasteiger partial charge in [0.2, 0.25) is 0 Å². The summed E-state index contributed by atoms with van der Waals surface area (Å²) in [5, 5.41) is 5.48. The van der Waals surface area contributed by atoms with E-state index in [2.05, 4.69) is 15.4 Å². The van der Waals surface area contributed by atoms with Gasteiger partial charge in [-0.2, -0.15) is 13.2 Å². The first-order valence-corrected chi connectivity index (χ1v) is 8.63. The molecule has 148 valence electrons. The molecular weight excluding hydrogens is 440 g/mol. The van der Waals surface area contributed by atoms with Gasteiger partial charge in [0.25, 0.3) is 5.91 Å². The summed E-state index contributed by atoms with van der Waals surface area (Å²) >= 11 is 16.7. The van der Waals surface area contributed by atoms with E-state index < -0.39 is 24.7 Å². The van der Waals surface area contributed by atoms with Crippen molar-refractivity contribution in [1.29, 1.82) is 0 Å². The van der Waals surface area contributed by atoms with Crippen LogP contribution in [0.1, 0.15) is 20.7 Å². The van der Waals surface area contributed by atoms with Crippen molar-refractivity contribution in [1.82, 2.24) is 5.32 Å². The number of ether oxygens (including phenoxy) is 1. The number of anilines is 1. The van der Waals surface area contributed by atoms with Gasteiger partial charge in [-0.25, -0.2) is 4.79 Å². The van der Waals surface area contributed by atoms with Crippen LogP contribution in [0.4, 0.5) is 18.9 Å². The first-order chi connectivity index (χ1) is 13.1. The molecule has 1 amide bonds. The van der Waals surface area contributed by atoms with Crippen molar-refractivity contribution >= 4 is 58.1 Å². The summed E-state index contributed by atoms with van der Waals surface area (Å²) in [5.74, 6) is -2.09. The van der Waals surface area contributed by atoms with E-state index in [1.54, 1.807) is 6.07 Å². The molecule has 0 saturated carbocycles. The topological polar surface area (TPSA) is 67.4 Å². The maximum absolute atomic E-state index is 12.4. The average Bonchev–Trinajstić information content (AvgIpc) is 2.62. The molecule has 5 nitrogen and oxygen atoms in total. The highest BCUT2D eigenvalue weighted by Gasteiger charge is 2.30. The van der Waals surface area contributed by atoms with Crippen molar-refractivity contribution in [3.05, 3.63) is 63.6 Å². The van der Waals surface area contributed by atoms with Crippen LogP contribution in [0.2, 0.25) is 10.0 Å². The number of thiocarbonyl (C=S) groups is 1. The molecule has 0 bridgehead atoms. The van der Waals surface area contributed by atoms with E-state index in [1.807, 2.05) is 0 Å². The van der Waals surface area contributed by atoms with Crippen LogP contribution in [0.25, 0.3) is 0 Å². The lowest BCUT2D eigenvalue weighted by atomic mass is 10.1. The number of esters is 1. The molecule has 0 unspecified atom stereocenters. The van der Waals surface area contributed by atoms with Gasteiger partial charge in [-0.05, 0) is 42.5 Å². The van der Waals surface area contributed by atoms with Crippen LogP contribution in [-0.2, 0) is 4.74 Å². The molecule has 0 heterocycles. The fourth-order valence-electron chi connectivity index (χ4n) is 1.99. The molecule has 0 aliphatic carbocycles. The molecule has 0 fully saturated rings. The SMILES string of the molecule is O=C(NC(=S)Nc1ccc(Cl)c(Cl)c1)c1ccccc1C(=O)OCC(F)(F)F. The van der Waals surface area contributed by atoms with Crippen molar-refractivity contribution in [2.45, 2.75) is 6.18 Å². The fourth-order valence-corrected chi connectivity index (χ4v) is 2.50. The van der Waals surface area contributed by atoms with Gasteiger partial charge in [0.05, 0.1) is 21.2 Å². The minimum absolute atomic E-state index is 0.123. The fraction of sp³-hybridized carbons (Fsp3) is 0.118. The number of alkyl halides is 3. The lowest BCUT2D eigenvalue weighted by molar-refractivity contribution is -0.161. The zero-order valence-electron chi connectivity index (χ0n) is 13.8. The lowest BCUT2D eigenvalue weighted by Crippen LogP contribution is -2.35. The van der Waals surface area contributed by atoms with Gasteiger partial charge >= 0.3 is 12.1 Å². The number of carbonyl (C=O) groups excluding carboxylic acids is 2. The number of hydrogen-bond donors (Lipinski definition) is 2. The third-order valence-electron chi connectivity index (χ3n) is 3.16. The van der Waals surface area contributed by atoms with Gasteiger partial charge in [0.15, 0.2) is 11.7 Å². The second kappa shape index (κ2) is 9.22. The van der Waals surface area contributed by atoms with E-state index in [-0.39, 0.29) is 21.3 Å². The molecule has 2 rings (SSSR count). The summed E-state index contributed by atoms with van der Waals surface area (Å²) in [6, 6.07) is 9.80. The standard InChI is InChI=1S/C17H11Cl2F3N2O3S/c18-12-6-5-9(7-13(12)19)23-16(28)24-14(25)10-3-1-2-4-11(10)15(26)27-8-17(20,21)22/h1-7H,8H2,(H2,23,24,25,28). The number of nitrogens with one attached hydrogen (secondary N) is 2. The van der Waals surface area contributed by atoms with Crippen molar-refractivity contribution in [2.75, 3.05) is 11.9 Å². The highest BCUT2D eigenvalue weighted by Crippen LogP contribution is 2.25. The predicted molar refractivity (Wildman–Crippen MR) is 103 cm³/mol. The molecule has 11 heteroatoms. The Kier molecular flexibility index (Phi) is 7.22. The largest absolute Gasteiger partial charge is 0.452 e. The molecule has 0 spiro atoms.